The van der Waals surface area contributed by atoms with Crippen LogP contribution in [-0.4, -0.2) is 46.6 Å². The van der Waals surface area contributed by atoms with Crippen LogP contribution in [0, 0.1) is 0 Å². The number of carboxylic acids is 1. The number of nitrogens with zero attached hydrogens (tertiary/aromatic N) is 1. The highest BCUT2D eigenvalue weighted by atomic mass is 35.5. The Balaban J connectivity index is 1.30. The Morgan fingerprint density at radius 1 is 1.03 bits per heavy atom. The van der Waals surface area contributed by atoms with Crippen LogP contribution in [0.3, 0.4) is 0 Å². The van der Waals surface area contributed by atoms with Crippen LogP contribution in [-0.2, 0) is 11.3 Å². The van der Waals surface area contributed by atoms with Crippen molar-refractivity contribution in [3.8, 4) is 5.75 Å². The third kappa shape index (κ3) is 5.32. The number of rotatable bonds is 7. The average molecular weight is 463 g/mol. The predicted octanol–water partition coefficient (Wildman–Crippen LogP) is 4.38. The van der Waals surface area contributed by atoms with Crippen molar-refractivity contribution in [2.24, 2.45) is 0 Å². The molecule has 0 radical (unpaired) electrons. The number of benzene rings is 2. The number of aromatic carboxylic acids is 1. The van der Waals surface area contributed by atoms with Crippen molar-refractivity contribution in [2.45, 2.75) is 50.4 Å². The molecule has 0 unspecified atom stereocenters. The molecule has 4 rings (SSSR count). The summed E-state index contributed by atoms with van der Waals surface area (Å²) in [6.07, 6.45) is 4.07. The number of ether oxygens (including phenoxy) is 1. The van der Waals surface area contributed by atoms with E-state index in [1.807, 2.05) is 12.1 Å². The van der Waals surface area contributed by atoms with Crippen molar-refractivity contribution in [1.29, 1.82) is 0 Å². The van der Waals surface area contributed by atoms with Gasteiger partial charge in [0.2, 0.25) is 0 Å². The van der Waals surface area contributed by atoms with Gasteiger partial charge in [0.05, 0.1) is 0 Å². The molecule has 2 aromatic rings. The third-order valence-electron chi connectivity index (χ3n) is 6.06. The number of carboxylic acid groups (broad SMARTS) is 1. The first-order chi connectivity index (χ1) is 14.9. The summed E-state index contributed by atoms with van der Waals surface area (Å²) in [6, 6.07) is 13.3. The summed E-state index contributed by atoms with van der Waals surface area (Å²) in [5.74, 6) is -1.27. The Bertz CT molecular complexity index is 953. The van der Waals surface area contributed by atoms with Crippen molar-refractivity contribution in [3.63, 3.8) is 0 Å². The van der Waals surface area contributed by atoms with Crippen LogP contribution >= 0.6 is 23.2 Å². The lowest BCUT2D eigenvalue weighted by Crippen LogP contribution is -2.50. The van der Waals surface area contributed by atoms with E-state index in [0.29, 0.717) is 17.1 Å². The molecule has 2 fully saturated rings. The highest BCUT2D eigenvalue weighted by Crippen LogP contribution is 2.37. The van der Waals surface area contributed by atoms with E-state index in [0.717, 1.165) is 37.3 Å². The fourth-order valence-corrected chi connectivity index (χ4v) is 4.96. The first-order valence-corrected chi connectivity index (χ1v) is 11.1. The monoisotopic (exact) mass is 462 g/mol. The largest absolute Gasteiger partial charge is 0.483 e. The number of carbonyl (C=O) groups excluding carboxylic acids is 1. The van der Waals surface area contributed by atoms with Gasteiger partial charge in [-0.1, -0.05) is 35.3 Å². The molecular formula is C23H24Cl2N2O4. The van der Waals surface area contributed by atoms with Crippen LogP contribution in [0.5, 0.6) is 5.75 Å². The quantitative estimate of drug-likeness (QED) is 0.637. The summed E-state index contributed by atoms with van der Waals surface area (Å²) in [6.45, 7) is 0.660. The maximum atomic E-state index is 12.4. The highest BCUT2D eigenvalue weighted by molar-refractivity contribution is 6.31. The van der Waals surface area contributed by atoms with Gasteiger partial charge in [-0.15, -0.1) is 0 Å². The van der Waals surface area contributed by atoms with Crippen LogP contribution in [0.25, 0.3) is 0 Å². The van der Waals surface area contributed by atoms with E-state index in [1.165, 1.54) is 23.8 Å². The standard InChI is InChI=1S/C23H24Cl2N2O4/c24-15-3-1-14(2-4-15)12-27-18-6-7-19(27)11-17(10-18)26-22(28)13-31-21-8-5-16(25)9-20(21)23(29)30/h1-5,8-9,17-19H,6-7,10-13H2,(H,26,28)(H,29,30)/t18-,19-/m1/s1. The second-order valence-electron chi connectivity index (χ2n) is 8.15. The molecule has 31 heavy (non-hydrogen) atoms. The van der Waals surface area contributed by atoms with Gasteiger partial charge in [0.25, 0.3) is 5.91 Å². The minimum atomic E-state index is -1.15. The van der Waals surface area contributed by atoms with Gasteiger partial charge in [-0.25, -0.2) is 4.79 Å². The third-order valence-corrected chi connectivity index (χ3v) is 6.55. The van der Waals surface area contributed by atoms with Crippen LogP contribution in [0.2, 0.25) is 10.0 Å². The normalized spacial score (nSPS) is 22.8. The van der Waals surface area contributed by atoms with Crippen molar-refractivity contribution < 1.29 is 19.4 Å². The van der Waals surface area contributed by atoms with E-state index >= 15 is 0 Å². The Labute approximate surface area is 191 Å². The summed E-state index contributed by atoms with van der Waals surface area (Å²) in [7, 11) is 0. The van der Waals surface area contributed by atoms with Crippen LogP contribution in [0.15, 0.2) is 42.5 Å². The van der Waals surface area contributed by atoms with Crippen LogP contribution in [0.1, 0.15) is 41.6 Å². The molecule has 2 heterocycles. The first-order valence-electron chi connectivity index (χ1n) is 10.3. The molecule has 1 amide bonds. The SMILES string of the molecule is O=C(COc1ccc(Cl)cc1C(=O)O)NC1C[C@H]2CC[C@H](C1)N2Cc1ccc(Cl)cc1. The minimum absolute atomic E-state index is 0.0612. The minimum Gasteiger partial charge on any atom is -0.483 e. The van der Waals surface area contributed by atoms with Gasteiger partial charge >= 0.3 is 5.97 Å². The zero-order valence-electron chi connectivity index (χ0n) is 16.9. The van der Waals surface area contributed by atoms with Gasteiger partial charge in [0.1, 0.15) is 11.3 Å². The van der Waals surface area contributed by atoms with Crippen molar-refractivity contribution in [3.05, 3.63) is 63.6 Å². The Morgan fingerprint density at radius 2 is 1.68 bits per heavy atom. The van der Waals surface area contributed by atoms with Crippen molar-refractivity contribution in [1.82, 2.24) is 10.2 Å². The smallest absolute Gasteiger partial charge is 0.339 e. The number of halogens is 2. The molecule has 0 saturated carbocycles. The van der Waals surface area contributed by atoms with Gasteiger partial charge in [0.15, 0.2) is 6.61 Å². The molecular weight excluding hydrogens is 439 g/mol. The number of fused-ring (bicyclic) bond motifs is 2. The summed E-state index contributed by atoms with van der Waals surface area (Å²) in [4.78, 5) is 26.3. The molecule has 6 nitrogen and oxygen atoms in total. The molecule has 2 aliphatic rings. The summed E-state index contributed by atoms with van der Waals surface area (Å²) >= 11 is 11.8. The Hall–Kier alpha value is -2.28. The van der Waals surface area contributed by atoms with E-state index < -0.39 is 5.97 Å². The summed E-state index contributed by atoms with van der Waals surface area (Å²) in [5, 5.41) is 13.4. The van der Waals surface area contributed by atoms with E-state index in [1.54, 1.807) is 0 Å². The van der Waals surface area contributed by atoms with Gasteiger partial charge in [-0.3, -0.25) is 9.69 Å². The van der Waals surface area contributed by atoms with Gasteiger partial charge < -0.3 is 15.2 Å². The molecule has 0 aromatic heterocycles. The van der Waals surface area contributed by atoms with Gasteiger partial charge in [-0.2, -0.15) is 0 Å². The second-order valence-corrected chi connectivity index (χ2v) is 9.03. The van der Waals surface area contributed by atoms with Crippen LogP contribution < -0.4 is 10.1 Å². The number of amides is 1. The number of nitrogens with one attached hydrogen (secondary N) is 1. The summed E-state index contributed by atoms with van der Waals surface area (Å²) in [5.41, 5.74) is 1.18. The number of hydrogen-bond donors (Lipinski definition) is 2. The molecule has 8 heteroatoms. The topological polar surface area (TPSA) is 78.9 Å². The molecule has 2 aliphatic heterocycles. The molecule has 2 saturated heterocycles. The Kier molecular flexibility index (Phi) is 6.70. The molecule has 0 aliphatic carbocycles. The fourth-order valence-electron chi connectivity index (χ4n) is 4.66. The summed E-state index contributed by atoms with van der Waals surface area (Å²) < 4.78 is 5.46. The maximum absolute atomic E-state index is 12.4. The maximum Gasteiger partial charge on any atom is 0.339 e. The van der Waals surface area contributed by atoms with Crippen molar-refractivity contribution >= 4 is 35.1 Å². The number of carbonyl (C=O) groups is 2. The second kappa shape index (κ2) is 9.47. The average Bonchev–Trinajstić information content (AvgIpc) is 2.96. The van der Waals surface area contributed by atoms with E-state index in [9.17, 15) is 14.7 Å². The first kappa shape index (κ1) is 21.9. The molecule has 2 atom stereocenters. The molecule has 2 N–H and O–H groups in total. The van der Waals surface area contributed by atoms with Crippen LogP contribution in [0.4, 0.5) is 0 Å². The predicted molar refractivity (Wildman–Crippen MR) is 119 cm³/mol. The van der Waals surface area contributed by atoms with Gasteiger partial charge in [-0.05, 0) is 61.6 Å². The highest BCUT2D eigenvalue weighted by Gasteiger charge is 2.40. The molecule has 2 bridgehead atoms. The van der Waals surface area contributed by atoms with E-state index in [-0.39, 0.29) is 29.9 Å². The Morgan fingerprint density at radius 3 is 2.32 bits per heavy atom. The zero-order chi connectivity index (χ0) is 22.0. The van der Waals surface area contributed by atoms with Gasteiger partial charge in [0, 0.05) is 34.7 Å². The van der Waals surface area contributed by atoms with Crippen molar-refractivity contribution in [2.75, 3.05) is 6.61 Å². The molecule has 164 valence electrons. The molecule has 2 aromatic carbocycles. The fraction of sp³-hybridized carbons (Fsp3) is 0.391. The number of piperidine rings is 1. The zero-order valence-corrected chi connectivity index (χ0v) is 18.4. The number of hydrogen-bond acceptors (Lipinski definition) is 4. The lowest BCUT2D eigenvalue weighted by atomic mass is 9.96. The lowest BCUT2D eigenvalue weighted by molar-refractivity contribution is -0.124. The van der Waals surface area contributed by atoms with E-state index in [4.69, 9.17) is 27.9 Å². The molecule has 0 spiro atoms. The van der Waals surface area contributed by atoms with E-state index in [2.05, 4.69) is 22.3 Å². The lowest BCUT2D eigenvalue weighted by Gasteiger charge is -2.39.